The first kappa shape index (κ1) is 10.7. The van der Waals surface area contributed by atoms with E-state index in [1.54, 1.807) is 0 Å². The molecule has 1 unspecified atom stereocenters. The average Bonchev–Trinajstić information content (AvgIpc) is 2.98. The van der Waals surface area contributed by atoms with Crippen LogP contribution in [-0.2, 0) is 6.42 Å². The van der Waals surface area contributed by atoms with Gasteiger partial charge in [0.15, 0.2) is 0 Å². The second kappa shape index (κ2) is 4.84. The lowest BCUT2D eigenvalue weighted by molar-refractivity contribution is 0.492. The van der Waals surface area contributed by atoms with Crippen molar-refractivity contribution in [1.29, 1.82) is 0 Å². The lowest BCUT2D eigenvalue weighted by Crippen LogP contribution is -2.12. The maximum Gasteiger partial charge on any atom is 0.315 e. The van der Waals surface area contributed by atoms with Crippen LogP contribution < -0.4 is 5.32 Å². The van der Waals surface area contributed by atoms with Crippen LogP contribution in [0.25, 0.3) is 0 Å². The molecular formula is C10H16ClN3O. The first-order valence-electron chi connectivity index (χ1n) is 5.42. The first-order valence-corrected chi connectivity index (χ1v) is 5.95. The summed E-state index contributed by atoms with van der Waals surface area (Å²) in [6.07, 6.45) is 3.36. The summed E-state index contributed by atoms with van der Waals surface area (Å²) in [7, 11) is 0. The third-order valence-corrected chi connectivity index (χ3v) is 2.97. The van der Waals surface area contributed by atoms with E-state index in [1.807, 2.05) is 0 Å². The molecule has 1 aromatic rings. The molecular weight excluding hydrogens is 214 g/mol. The van der Waals surface area contributed by atoms with E-state index in [-0.39, 0.29) is 0 Å². The van der Waals surface area contributed by atoms with Gasteiger partial charge < -0.3 is 9.73 Å². The molecule has 0 saturated heterocycles. The summed E-state index contributed by atoms with van der Waals surface area (Å²) in [4.78, 5) is 0. The highest BCUT2D eigenvalue weighted by atomic mass is 35.5. The Labute approximate surface area is 94.4 Å². The maximum atomic E-state index is 5.57. The monoisotopic (exact) mass is 229 g/mol. The number of nitrogens with one attached hydrogen (secondary N) is 1. The van der Waals surface area contributed by atoms with Gasteiger partial charge >= 0.3 is 6.01 Å². The number of anilines is 1. The van der Waals surface area contributed by atoms with Crippen LogP contribution >= 0.6 is 11.6 Å². The molecule has 1 aromatic heterocycles. The Morgan fingerprint density at radius 2 is 2.33 bits per heavy atom. The molecule has 1 saturated carbocycles. The van der Waals surface area contributed by atoms with E-state index in [4.69, 9.17) is 16.0 Å². The van der Waals surface area contributed by atoms with Crippen LogP contribution in [0.4, 0.5) is 6.01 Å². The summed E-state index contributed by atoms with van der Waals surface area (Å²) < 4.78 is 5.36. The van der Waals surface area contributed by atoms with Crippen LogP contribution in [-0.4, -0.2) is 22.6 Å². The fraction of sp³-hybridized carbons (Fsp3) is 0.800. The largest absolute Gasteiger partial charge is 0.408 e. The van der Waals surface area contributed by atoms with E-state index in [0.29, 0.717) is 30.1 Å². The quantitative estimate of drug-likeness (QED) is 0.761. The Morgan fingerprint density at radius 1 is 1.53 bits per heavy atom. The number of hydrogen-bond donors (Lipinski definition) is 1. The number of nitrogens with zero attached hydrogens (tertiary/aromatic N) is 2. The first-order chi connectivity index (χ1) is 7.29. The highest BCUT2D eigenvalue weighted by Gasteiger charge is 2.27. The van der Waals surface area contributed by atoms with Gasteiger partial charge in [0.2, 0.25) is 5.89 Å². The average molecular weight is 230 g/mol. The molecule has 0 radical (unpaired) electrons. The van der Waals surface area contributed by atoms with E-state index in [9.17, 15) is 0 Å². The topological polar surface area (TPSA) is 51.0 Å². The van der Waals surface area contributed by atoms with Crippen LogP contribution in [0.3, 0.4) is 0 Å². The van der Waals surface area contributed by atoms with Gasteiger partial charge in [-0.3, -0.25) is 0 Å². The van der Waals surface area contributed by atoms with Crippen molar-refractivity contribution < 1.29 is 4.42 Å². The second-order valence-corrected chi connectivity index (χ2v) is 4.51. The lowest BCUT2D eigenvalue weighted by Gasteiger charge is -2.08. The molecule has 0 spiro atoms. The van der Waals surface area contributed by atoms with Crippen molar-refractivity contribution >= 4 is 17.6 Å². The summed E-state index contributed by atoms with van der Waals surface area (Å²) in [5.41, 5.74) is 0. The molecule has 1 fully saturated rings. The van der Waals surface area contributed by atoms with E-state index >= 15 is 0 Å². The Balaban J connectivity index is 1.76. The van der Waals surface area contributed by atoms with Gasteiger partial charge in [-0.1, -0.05) is 12.0 Å². The smallest absolute Gasteiger partial charge is 0.315 e. The lowest BCUT2D eigenvalue weighted by atomic mass is 10.1. The number of aryl methyl sites for hydroxylation is 1. The van der Waals surface area contributed by atoms with Crippen LogP contribution in [0.5, 0.6) is 0 Å². The fourth-order valence-corrected chi connectivity index (χ4v) is 1.75. The molecule has 15 heavy (non-hydrogen) atoms. The van der Waals surface area contributed by atoms with Crippen molar-refractivity contribution in [3.8, 4) is 0 Å². The number of halogens is 1. The molecule has 0 amide bonds. The second-order valence-electron chi connectivity index (χ2n) is 4.14. The van der Waals surface area contributed by atoms with E-state index in [1.165, 1.54) is 12.8 Å². The molecule has 0 aliphatic heterocycles. The molecule has 4 nitrogen and oxygen atoms in total. The van der Waals surface area contributed by atoms with Crippen molar-refractivity contribution in [1.82, 2.24) is 10.2 Å². The predicted molar refractivity (Wildman–Crippen MR) is 59.1 cm³/mol. The van der Waals surface area contributed by atoms with Gasteiger partial charge in [0.25, 0.3) is 0 Å². The fourth-order valence-electron chi connectivity index (χ4n) is 1.59. The van der Waals surface area contributed by atoms with Gasteiger partial charge in [-0.15, -0.1) is 16.7 Å². The maximum absolute atomic E-state index is 5.57. The molecule has 1 N–H and O–H groups in total. The molecule has 5 heteroatoms. The molecule has 2 rings (SSSR count). The van der Waals surface area contributed by atoms with E-state index < -0.39 is 0 Å². The minimum absolute atomic E-state index is 0.514. The predicted octanol–water partition coefficient (Wildman–Crippen LogP) is 2.31. The molecule has 1 aliphatic rings. The zero-order chi connectivity index (χ0) is 10.7. The SMILES string of the molecule is CC(CNc1nnc(CCCl)o1)C1CC1. The molecule has 1 heterocycles. The summed E-state index contributed by atoms with van der Waals surface area (Å²) in [5.74, 6) is 2.70. The van der Waals surface area contributed by atoms with Crippen molar-refractivity contribution in [2.45, 2.75) is 26.2 Å². The minimum Gasteiger partial charge on any atom is -0.408 e. The van der Waals surface area contributed by atoms with Gasteiger partial charge in [0.05, 0.1) is 0 Å². The molecule has 84 valence electrons. The van der Waals surface area contributed by atoms with E-state index in [2.05, 4.69) is 22.4 Å². The third-order valence-electron chi connectivity index (χ3n) is 2.78. The molecule has 0 bridgehead atoms. The third kappa shape index (κ3) is 3.09. The standard InChI is InChI=1S/C10H16ClN3O/c1-7(8-2-3-8)6-12-10-14-13-9(15-10)4-5-11/h7-8H,2-6H2,1H3,(H,12,14). The summed E-state index contributed by atoms with van der Waals surface area (Å²) in [6.45, 7) is 3.16. The van der Waals surface area contributed by atoms with Crippen molar-refractivity contribution in [3.05, 3.63) is 5.89 Å². The van der Waals surface area contributed by atoms with Crippen molar-refractivity contribution in [2.75, 3.05) is 17.7 Å². The van der Waals surface area contributed by atoms with Crippen molar-refractivity contribution in [2.24, 2.45) is 11.8 Å². The van der Waals surface area contributed by atoms with Crippen molar-refractivity contribution in [3.63, 3.8) is 0 Å². The molecule has 1 atom stereocenters. The van der Waals surface area contributed by atoms with Crippen LogP contribution in [0, 0.1) is 11.8 Å². The van der Waals surface area contributed by atoms with Gasteiger partial charge in [-0.05, 0) is 24.7 Å². The number of aromatic nitrogens is 2. The van der Waals surface area contributed by atoms with Gasteiger partial charge in [0, 0.05) is 18.8 Å². The number of hydrogen-bond acceptors (Lipinski definition) is 4. The summed E-state index contributed by atoms with van der Waals surface area (Å²) in [5, 5.41) is 10.9. The Bertz CT molecular complexity index is 311. The summed E-state index contributed by atoms with van der Waals surface area (Å²) >= 11 is 5.57. The highest BCUT2D eigenvalue weighted by Crippen LogP contribution is 2.36. The number of rotatable bonds is 6. The minimum atomic E-state index is 0.514. The molecule has 1 aliphatic carbocycles. The Kier molecular flexibility index (Phi) is 3.46. The Morgan fingerprint density at radius 3 is 3.00 bits per heavy atom. The Hall–Kier alpha value is -0.770. The number of alkyl halides is 1. The summed E-state index contributed by atoms with van der Waals surface area (Å²) in [6, 6.07) is 0.516. The molecule has 0 aromatic carbocycles. The van der Waals surface area contributed by atoms with Crippen LogP contribution in [0.15, 0.2) is 4.42 Å². The normalized spacial score (nSPS) is 17.7. The highest BCUT2D eigenvalue weighted by molar-refractivity contribution is 6.17. The van der Waals surface area contributed by atoms with Crippen LogP contribution in [0.2, 0.25) is 0 Å². The van der Waals surface area contributed by atoms with Crippen LogP contribution in [0.1, 0.15) is 25.7 Å². The van der Waals surface area contributed by atoms with Gasteiger partial charge in [-0.2, -0.15) is 0 Å². The zero-order valence-corrected chi connectivity index (χ0v) is 9.63. The van der Waals surface area contributed by atoms with Gasteiger partial charge in [-0.25, -0.2) is 0 Å². The zero-order valence-electron chi connectivity index (χ0n) is 8.87. The van der Waals surface area contributed by atoms with Gasteiger partial charge in [0.1, 0.15) is 0 Å². The van der Waals surface area contributed by atoms with E-state index in [0.717, 1.165) is 12.5 Å².